The maximum absolute atomic E-state index is 12.7. The third-order valence-corrected chi connectivity index (χ3v) is 6.49. The second-order valence-electron chi connectivity index (χ2n) is 7.96. The van der Waals surface area contributed by atoms with Crippen LogP contribution in [0.3, 0.4) is 0 Å². The maximum Gasteiger partial charge on any atom is 0.235 e. The minimum absolute atomic E-state index is 0.143. The summed E-state index contributed by atoms with van der Waals surface area (Å²) in [6, 6.07) is 17.4. The van der Waals surface area contributed by atoms with Crippen molar-refractivity contribution in [3.05, 3.63) is 72.0 Å². The number of nitrogens with one attached hydrogen (secondary N) is 2. The summed E-state index contributed by atoms with van der Waals surface area (Å²) >= 11 is 7.44. The van der Waals surface area contributed by atoms with Crippen LogP contribution in [0.15, 0.2) is 72.1 Å². The lowest BCUT2D eigenvalue weighted by Gasteiger charge is -2.12. The molecule has 10 heteroatoms. The smallest absolute Gasteiger partial charge is 0.235 e. The fraction of sp³-hybridized carbons (Fsp3) is 0.167. The topological polar surface area (TPSA) is 93.4 Å². The third-order valence-electron chi connectivity index (χ3n) is 5.31. The van der Waals surface area contributed by atoms with E-state index in [1.165, 1.54) is 11.8 Å². The Morgan fingerprint density at radius 1 is 1.12 bits per heavy atom. The van der Waals surface area contributed by atoms with Crippen LogP contribution >= 0.6 is 23.4 Å². The van der Waals surface area contributed by atoms with Crippen LogP contribution in [-0.4, -0.2) is 41.2 Å². The molecule has 0 aliphatic rings. The molecular weight excluding hydrogens is 470 g/mol. The largest absolute Gasteiger partial charge is 0.360 e. The number of nitrogens with zero attached hydrogens (tertiary/aromatic N) is 5. The number of para-hydroxylation sites is 1. The van der Waals surface area contributed by atoms with E-state index in [1.807, 2.05) is 73.1 Å². The molecule has 2 aromatic carbocycles. The van der Waals surface area contributed by atoms with Crippen LogP contribution in [0.2, 0.25) is 5.02 Å². The molecule has 3 aromatic heterocycles. The number of amides is 1. The zero-order valence-corrected chi connectivity index (χ0v) is 20.1. The molecule has 8 nitrogen and oxygen atoms in total. The molecule has 0 saturated heterocycles. The van der Waals surface area contributed by atoms with E-state index in [2.05, 4.69) is 25.6 Å². The summed E-state index contributed by atoms with van der Waals surface area (Å²) in [5.41, 5.74) is 2.80. The van der Waals surface area contributed by atoms with Crippen molar-refractivity contribution in [2.24, 2.45) is 0 Å². The fourth-order valence-electron chi connectivity index (χ4n) is 3.75. The fourth-order valence-corrected chi connectivity index (χ4v) is 4.63. The molecule has 0 spiro atoms. The Balaban J connectivity index is 1.46. The minimum Gasteiger partial charge on any atom is -0.360 e. The van der Waals surface area contributed by atoms with Gasteiger partial charge in [0.1, 0.15) is 5.82 Å². The summed E-state index contributed by atoms with van der Waals surface area (Å²) in [6.45, 7) is 4.02. The van der Waals surface area contributed by atoms with Gasteiger partial charge in [-0.05, 0) is 44.2 Å². The number of hydrogen-bond acceptors (Lipinski definition) is 5. The molecule has 5 rings (SSSR count). The Morgan fingerprint density at radius 3 is 2.71 bits per heavy atom. The van der Waals surface area contributed by atoms with Crippen LogP contribution in [0.25, 0.3) is 28.0 Å². The van der Waals surface area contributed by atoms with Gasteiger partial charge >= 0.3 is 0 Å². The molecule has 172 valence electrons. The Bertz CT molecular complexity index is 1450. The van der Waals surface area contributed by atoms with E-state index < -0.39 is 0 Å². The first kappa shape index (κ1) is 22.2. The van der Waals surface area contributed by atoms with Crippen molar-refractivity contribution in [2.45, 2.75) is 25.0 Å². The first-order valence-corrected chi connectivity index (χ1v) is 12.1. The molecule has 34 heavy (non-hydrogen) atoms. The average molecular weight is 492 g/mol. The monoisotopic (exact) mass is 491 g/mol. The predicted molar refractivity (Wildman–Crippen MR) is 136 cm³/mol. The molecular formula is C24H22ClN7OS. The second-order valence-corrected chi connectivity index (χ2v) is 9.34. The molecule has 1 amide bonds. The van der Waals surface area contributed by atoms with Crippen LogP contribution in [0.4, 0.5) is 5.82 Å². The van der Waals surface area contributed by atoms with Gasteiger partial charge in [0, 0.05) is 45.5 Å². The van der Waals surface area contributed by atoms with Crippen LogP contribution in [0.1, 0.15) is 19.9 Å². The molecule has 5 aromatic rings. The number of carbonyl (C=O) groups excluding carboxylic acids is 1. The number of anilines is 1. The van der Waals surface area contributed by atoms with Gasteiger partial charge in [-0.1, -0.05) is 41.6 Å². The lowest BCUT2D eigenvalue weighted by Crippen LogP contribution is -2.18. The highest BCUT2D eigenvalue weighted by Gasteiger charge is 2.20. The molecule has 3 heterocycles. The Hall–Kier alpha value is -3.56. The van der Waals surface area contributed by atoms with Gasteiger partial charge in [0.25, 0.3) is 0 Å². The predicted octanol–water partition coefficient (Wildman–Crippen LogP) is 5.58. The van der Waals surface area contributed by atoms with E-state index >= 15 is 0 Å². The number of carbonyl (C=O) groups is 1. The number of H-pyrrole nitrogens is 1. The van der Waals surface area contributed by atoms with E-state index in [4.69, 9.17) is 11.6 Å². The van der Waals surface area contributed by atoms with Gasteiger partial charge in [0.05, 0.1) is 11.9 Å². The van der Waals surface area contributed by atoms with Gasteiger partial charge in [-0.25, -0.2) is 4.68 Å². The first-order chi connectivity index (χ1) is 16.5. The van der Waals surface area contributed by atoms with Crippen molar-refractivity contribution in [1.29, 1.82) is 0 Å². The molecule has 0 bridgehead atoms. The van der Waals surface area contributed by atoms with Gasteiger partial charge in [-0.2, -0.15) is 5.10 Å². The quantitative estimate of drug-likeness (QED) is 0.290. The summed E-state index contributed by atoms with van der Waals surface area (Å²) in [4.78, 5) is 16.0. The number of aromatic nitrogens is 6. The number of halogens is 1. The highest BCUT2D eigenvalue weighted by Crippen LogP contribution is 2.32. The van der Waals surface area contributed by atoms with Crippen molar-refractivity contribution in [1.82, 2.24) is 29.5 Å². The van der Waals surface area contributed by atoms with Crippen molar-refractivity contribution in [2.75, 3.05) is 11.1 Å². The Labute approximate surface area is 205 Å². The van der Waals surface area contributed by atoms with E-state index in [1.54, 1.807) is 16.9 Å². The lowest BCUT2D eigenvalue weighted by atomic mass is 10.1. The number of rotatable bonds is 7. The van der Waals surface area contributed by atoms with Crippen LogP contribution in [0.5, 0.6) is 0 Å². The summed E-state index contributed by atoms with van der Waals surface area (Å²) in [5, 5.41) is 18.4. The van der Waals surface area contributed by atoms with Crippen molar-refractivity contribution in [3.63, 3.8) is 0 Å². The molecule has 0 fully saturated rings. The summed E-state index contributed by atoms with van der Waals surface area (Å²) in [5.74, 6) is 1.37. The van der Waals surface area contributed by atoms with Crippen molar-refractivity contribution in [3.8, 4) is 17.1 Å². The number of hydrogen-bond donors (Lipinski definition) is 2. The van der Waals surface area contributed by atoms with E-state index in [0.29, 0.717) is 21.8 Å². The molecule has 0 unspecified atom stereocenters. The van der Waals surface area contributed by atoms with E-state index in [0.717, 1.165) is 22.2 Å². The van der Waals surface area contributed by atoms with E-state index in [9.17, 15) is 4.79 Å². The van der Waals surface area contributed by atoms with Crippen LogP contribution in [0, 0.1) is 0 Å². The molecule has 2 N–H and O–H groups in total. The normalized spacial score (nSPS) is 11.4. The average Bonchev–Trinajstić information content (AvgIpc) is 3.56. The van der Waals surface area contributed by atoms with Gasteiger partial charge < -0.3 is 10.3 Å². The molecule has 0 radical (unpaired) electrons. The number of benzene rings is 2. The molecule has 0 aliphatic carbocycles. The highest BCUT2D eigenvalue weighted by molar-refractivity contribution is 7.99. The Kier molecular flexibility index (Phi) is 6.12. The second kappa shape index (κ2) is 9.36. The lowest BCUT2D eigenvalue weighted by molar-refractivity contribution is -0.113. The summed E-state index contributed by atoms with van der Waals surface area (Å²) in [6.07, 6.45) is 3.60. The summed E-state index contributed by atoms with van der Waals surface area (Å²) in [7, 11) is 0. The third kappa shape index (κ3) is 4.32. The minimum atomic E-state index is -0.147. The molecule has 0 atom stereocenters. The highest BCUT2D eigenvalue weighted by atomic mass is 35.5. The van der Waals surface area contributed by atoms with Crippen LogP contribution in [-0.2, 0) is 4.79 Å². The maximum atomic E-state index is 12.7. The number of aromatic amines is 1. The zero-order valence-electron chi connectivity index (χ0n) is 18.6. The zero-order chi connectivity index (χ0) is 23.7. The SMILES string of the molecule is CC(C)n1nccc1NC(=O)CSc1nnc(-c2c[nH]c3ccccc23)n1-c1ccc(Cl)cc1. The van der Waals surface area contributed by atoms with E-state index in [-0.39, 0.29) is 17.7 Å². The van der Waals surface area contributed by atoms with Gasteiger partial charge in [0.15, 0.2) is 11.0 Å². The first-order valence-electron chi connectivity index (χ1n) is 10.8. The standard InChI is InChI=1S/C24H22ClN7OS/c1-15(2)32-21(11-12-27-32)28-22(33)14-34-24-30-29-23(31(24)17-9-7-16(25)8-10-17)19-13-26-20-6-4-3-5-18(19)20/h3-13,15,26H,14H2,1-2H3,(H,28,33). The number of fused-ring (bicyclic) bond motifs is 1. The van der Waals surface area contributed by atoms with Crippen molar-refractivity contribution >= 4 is 46.0 Å². The number of thioether (sulfide) groups is 1. The van der Waals surface area contributed by atoms with Crippen LogP contribution < -0.4 is 5.32 Å². The Morgan fingerprint density at radius 2 is 1.91 bits per heavy atom. The summed E-state index contributed by atoms with van der Waals surface area (Å²) < 4.78 is 3.72. The van der Waals surface area contributed by atoms with Gasteiger partial charge in [-0.15, -0.1) is 10.2 Å². The van der Waals surface area contributed by atoms with Gasteiger partial charge in [0.2, 0.25) is 5.91 Å². The molecule has 0 saturated carbocycles. The van der Waals surface area contributed by atoms with Crippen molar-refractivity contribution < 1.29 is 4.79 Å². The van der Waals surface area contributed by atoms with Gasteiger partial charge in [-0.3, -0.25) is 9.36 Å². The molecule has 0 aliphatic heterocycles.